The highest BCUT2D eigenvalue weighted by Gasteiger charge is 2.13. The van der Waals surface area contributed by atoms with Gasteiger partial charge in [0.15, 0.2) is 0 Å². The maximum Gasteiger partial charge on any atom is 0.0540 e. The number of rotatable bonds is 0. The molecular weight excluding hydrogens is 184 g/mol. The normalized spacial score (nSPS) is 33.0. The molecule has 0 aromatic heterocycles. The van der Waals surface area contributed by atoms with E-state index in [4.69, 9.17) is 5.11 Å². The van der Waals surface area contributed by atoms with E-state index in [9.17, 15) is 0 Å². The van der Waals surface area contributed by atoms with Crippen LogP contribution in [-0.2, 0) is 0 Å². The van der Waals surface area contributed by atoms with Gasteiger partial charge in [-0.2, -0.15) is 0 Å². The average molecular weight is 212 g/mol. The smallest absolute Gasteiger partial charge is 0.0540 e. The molecule has 2 saturated carbocycles. The van der Waals surface area contributed by atoms with Gasteiger partial charge in [-0.25, -0.2) is 0 Å². The van der Waals surface area contributed by atoms with E-state index in [-0.39, 0.29) is 6.10 Å². The third-order valence-corrected chi connectivity index (χ3v) is 3.88. The lowest BCUT2D eigenvalue weighted by Crippen LogP contribution is -2.09. The molecule has 0 aliphatic heterocycles. The van der Waals surface area contributed by atoms with Crippen molar-refractivity contribution in [3.8, 4) is 0 Å². The Morgan fingerprint density at radius 1 is 0.667 bits per heavy atom. The Balaban J connectivity index is 0.000000151. The summed E-state index contributed by atoms with van der Waals surface area (Å²) in [6.07, 6.45) is 11.8. The van der Waals surface area contributed by atoms with E-state index in [0.717, 1.165) is 24.7 Å². The lowest BCUT2D eigenvalue weighted by atomic mass is 9.84. The minimum absolute atomic E-state index is 0.0359. The van der Waals surface area contributed by atoms with Gasteiger partial charge in [0.2, 0.25) is 0 Å². The summed E-state index contributed by atoms with van der Waals surface area (Å²) in [6.45, 7) is 4.73. The summed E-state index contributed by atoms with van der Waals surface area (Å²) < 4.78 is 0. The van der Waals surface area contributed by atoms with E-state index in [0.29, 0.717) is 0 Å². The molecule has 0 aromatic rings. The Bertz CT molecular complexity index is 131. The second kappa shape index (κ2) is 7.27. The van der Waals surface area contributed by atoms with Gasteiger partial charge >= 0.3 is 0 Å². The van der Waals surface area contributed by atoms with E-state index < -0.39 is 0 Å². The van der Waals surface area contributed by atoms with Crippen LogP contribution in [0.3, 0.4) is 0 Å². The van der Waals surface area contributed by atoms with Gasteiger partial charge in [-0.05, 0) is 24.7 Å². The fourth-order valence-electron chi connectivity index (χ4n) is 2.51. The topological polar surface area (TPSA) is 20.2 Å². The molecular formula is C14H28O. The molecule has 0 radical (unpaired) electrons. The first-order valence-electron chi connectivity index (χ1n) is 6.86. The Hall–Kier alpha value is -0.0400. The van der Waals surface area contributed by atoms with Crippen molar-refractivity contribution in [3.63, 3.8) is 0 Å². The van der Waals surface area contributed by atoms with Crippen LogP contribution in [0.5, 0.6) is 0 Å². The van der Waals surface area contributed by atoms with Gasteiger partial charge in [0.1, 0.15) is 0 Å². The Labute approximate surface area is 95.3 Å². The van der Waals surface area contributed by atoms with Gasteiger partial charge in [0.05, 0.1) is 6.10 Å². The molecule has 0 atom stereocenters. The molecule has 0 unspecified atom stereocenters. The highest BCUT2D eigenvalue weighted by Crippen LogP contribution is 2.27. The van der Waals surface area contributed by atoms with Gasteiger partial charge in [-0.1, -0.05) is 58.8 Å². The monoisotopic (exact) mass is 212 g/mol. The standard InChI is InChI=1S/C8H16.C6H12O/c1-7-3-5-8(2)6-4-7;7-6-4-2-1-3-5-6/h7-8H,3-6H2,1-2H3;6-7H,1-5H2. The quantitative estimate of drug-likeness (QED) is 0.639. The maximum atomic E-state index is 8.91. The molecule has 2 rings (SSSR count). The Morgan fingerprint density at radius 3 is 1.33 bits per heavy atom. The SMILES string of the molecule is CC1CCC(C)CC1.OC1CCCCC1. The second-order valence-corrected chi connectivity index (χ2v) is 5.66. The van der Waals surface area contributed by atoms with Gasteiger partial charge < -0.3 is 5.11 Å². The number of hydrogen-bond donors (Lipinski definition) is 1. The predicted octanol–water partition coefficient (Wildman–Crippen LogP) is 4.14. The van der Waals surface area contributed by atoms with Gasteiger partial charge in [-0.15, -0.1) is 0 Å². The van der Waals surface area contributed by atoms with Crippen LogP contribution in [0.15, 0.2) is 0 Å². The Morgan fingerprint density at radius 2 is 1.07 bits per heavy atom. The minimum Gasteiger partial charge on any atom is -0.393 e. The van der Waals surface area contributed by atoms with Crippen LogP contribution in [0, 0.1) is 11.8 Å². The van der Waals surface area contributed by atoms with Crippen LogP contribution in [0.4, 0.5) is 0 Å². The largest absolute Gasteiger partial charge is 0.393 e. The molecule has 2 fully saturated rings. The van der Waals surface area contributed by atoms with Crippen LogP contribution in [-0.4, -0.2) is 11.2 Å². The molecule has 0 bridgehead atoms. The van der Waals surface area contributed by atoms with E-state index in [1.165, 1.54) is 44.9 Å². The van der Waals surface area contributed by atoms with Crippen molar-refractivity contribution >= 4 is 0 Å². The summed E-state index contributed by atoms with van der Waals surface area (Å²) >= 11 is 0. The maximum absolute atomic E-state index is 8.91. The van der Waals surface area contributed by atoms with E-state index in [1.807, 2.05) is 0 Å². The molecule has 2 aliphatic rings. The molecule has 1 N–H and O–H groups in total. The van der Waals surface area contributed by atoms with Crippen molar-refractivity contribution in [3.05, 3.63) is 0 Å². The summed E-state index contributed by atoms with van der Waals surface area (Å²) in [5.74, 6) is 2.04. The molecule has 0 spiro atoms. The molecule has 0 aromatic carbocycles. The van der Waals surface area contributed by atoms with Gasteiger partial charge in [0.25, 0.3) is 0 Å². The molecule has 0 saturated heterocycles. The summed E-state index contributed by atoms with van der Waals surface area (Å²) in [4.78, 5) is 0. The first-order chi connectivity index (χ1) is 7.18. The first-order valence-corrected chi connectivity index (χ1v) is 6.86. The Kier molecular flexibility index (Phi) is 6.31. The zero-order valence-electron chi connectivity index (χ0n) is 10.5. The fourth-order valence-corrected chi connectivity index (χ4v) is 2.51. The highest BCUT2D eigenvalue weighted by atomic mass is 16.3. The fraction of sp³-hybridized carbons (Fsp3) is 1.00. The van der Waals surface area contributed by atoms with E-state index in [1.54, 1.807) is 0 Å². The molecule has 90 valence electrons. The van der Waals surface area contributed by atoms with Crippen LogP contribution in [0.1, 0.15) is 71.6 Å². The average Bonchev–Trinajstić information content (AvgIpc) is 2.25. The summed E-state index contributed by atoms with van der Waals surface area (Å²) in [7, 11) is 0. The third kappa shape index (κ3) is 6.19. The van der Waals surface area contributed by atoms with Crippen molar-refractivity contribution in [2.45, 2.75) is 77.7 Å². The molecule has 2 aliphatic carbocycles. The molecule has 15 heavy (non-hydrogen) atoms. The van der Waals surface area contributed by atoms with Crippen molar-refractivity contribution in [2.75, 3.05) is 0 Å². The summed E-state index contributed by atoms with van der Waals surface area (Å²) in [5, 5.41) is 8.91. The van der Waals surface area contributed by atoms with Crippen LogP contribution in [0.25, 0.3) is 0 Å². The number of aliphatic hydroxyl groups excluding tert-OH is 1. The minimum atomic E-state index is 0.0359. The van der Waals surface area contributed by atoms with Gasteiger partial charge in [0, 0.05) is 0 Å². The zero-order valence-corrected chi connectivity index (χ0v) is 10.5. The molecule has 0 heterocycles. The lowest BCUT2D eigenvalue weighted by molar-refractivity contribution is 0.130. The van der Waals surface area contributed by atoms with Crippen LogP contribution >= 0.6 is 0 Å². The third-order valence-electron chi connectivity index (χ3n) is 3.88. The zero-order chi connectivity index (χ0) is 11.1. The highest BCUT2D eigenvalue weighted by molar-refractivity contribution is 4.65. The van der Waals surface area contributed by atoms with Crippen molar-refractivity contribution in [1.82, 2.24) is 0 Å². The predicted molar refractivity (Wildman–Crippen MR) is 65.9 cm³/mol. The van der Waals surface area contributed by atoms with Gasteiger partial charge in [-0.3, -0.25) is 0 Å². The van der Waals surface area contributed by atoms with Crippen LogP contribution < -0.4 is 0 Å². The van der Waals surface area contributed by atoms with E-state index >= 15 is 0 Å². The van der Waals surface area contributed by atoms with Crippen molar-refractivity contribution in [2.24, 2.45) is 11.8 Å². The van der Waals surface area contributed by atoms with Crippen molar-refractivity contribution < 1.29 is 5.11 Å². The molecule has 1 heteroatoms. The van der Waals surface area contributed by atoms with E-state index in [2.05, 4.69) is 13.8 Å². The molecule has 0 amide bonds. The van der Waals surface area contributed by atoms with Crippen LogP contribution in [0.2, 0.25) is 0 Å². The molecule has 1 nitrogen and oxygen atoms in total. The first kappa shape index (κ1) is 13.0. The second-order valence-electron chi connectivity index (χ2n) is 5.66. The number of aliphatic hydroxyl groups is 1. The number of hydrogen-bond acceptors (Lipinski definition) is 1. The lowest BCUT2D eigenvalue weighted by Gasteiger charge is -2.22. The summed E-state index contributed by atoms with van der Waals surface area (Å²) in [5.41, 5.74) is 0. The summed E-state index contributed by atoms with van der Waals surface area (Å²) in [6, 6.07) is 0. The van der Waals surface area contributed by atoms with Crippen molar-refractivity contribution in [1.29, 1.82) is 0 Å².